The molecule has 1 amide bonds. The molecular weight excluding hydrogens is 246 g/mol. The highest BCUT2D eigenvalue weighted by molar-refractivity contribution is 8.09. The van der Waals surface area contributed by atoms with Crippen molar-refractivity contribution in [2.75, 3.05) is 0 Å². The second-order valence-electron chi connectivity index (χ2n) is 4.35. The molecule has 1 atom stereocenters. The van der Waals surface area contributed by atoms with Crippen molar-refractivity contribution in [1.82, 2.24) is 5.32 Å². The molecule has 0 heterocycles. The van der Waals surface area contributed by atoms with Gasteiger partial charge in [-0.15, -0.1) is 0 Å². The van der Waals surface area contributed by atoms with Crippen LogP contribution in [0.2, 0.25) is 0 Å². The number of amides is 1. The Morgan fingerprint density at radius 2 is 1.76 bits per heavy atom. The molecule has 0 saturated heterocycles. The van der Waals surface area contributed by atoms with Gasteiger partial charge in [-0.05, 0) is 27.7 Å². The second-order valence-corrected chi connectivity index (χ2v) is 5.25. The molecule has 1 unspecified atom stereocenters. The molecule has 6 nitrogen and oxygen atoms in total. The lowest BCUT2D eigenvalue weighted by molar-refractivity contribution is -0.135. The van der Waals surface area contributed by atoms with Crippen LogP contribution < -0.4 is 5.32 Å². The van der Waals surface area contributed by atoms with E-state index >= 15 is 0 Å². The predicted octanol–water partition coefficient (Wildman–Crippen LogP) is 1.64. The zero-order valence-electron chi connectivity index (χ0n) is 10.5. The summed E-state index contributed by atoms with van der Waals surface area (Å²) in [6, 6.07) is -0.878. The van der Waals surface area contributed by atoms with Gasteiger partial charge in [-0.3, -0.25) is 4.79 Å². The molecule has 0 aliphatic rings. The minimum absolute atomic E-state index is 0.345. The van der Waals surface area contributed by atoms with Crippen LogP contribution in [0.1, 0.15) is 34.6 Å². The summed E-state index contributed by atoms with van der Waals surface area (Å²) in [5, 5.41) is 1.95. The molecule has 0 spiro atoms. The van der Waals surface area contributed by atoms with Crippen LogP contribution >= 0.6 is 12.0 Å². The number of ether oxygens (including phenoxy) is 1. The van der Waals surface area contributed by atoms with Crippen LogP contribution in [0.15, 0.2) is 0 Å². The lowest BCUT2D eigenvalue weighted by Crippen LogP contribution is -2.42. The second kappa shape index (κ2) is 6.48. The van der Waals surface area contributed by atoms with Gasteiger partial charge in [-0.25, -0.2) is 9.59 Å². The summed E-state index contributed by atoms with van der Waals surface area (Å²) >= 11 is 0.427. The highest BCUT2D eigenvalue weighted by atomic mass is 32.2. The molecule has 0 aliphatic heterocycles. The summed E-state index contributed by atoms with van der Waals surface area (Å²) in [5.74, 6) is -0.712. The first-order valence-corrected chi connectivity index (χ1v) is 5.74. The van der Waals surface area contributed by atoms with Gasteiger partial charge in [0.15, 0.2) is 0 Å². The monoisotopic (exact) mass is 263 g/mol. The van der Waals surface area contributed by atoms with E-state index in [0.717, 1.165) is 0 Å². The van der Waals surface area contributed by atoms with Gasteiger partial charge in [0.1, 0.15) is 23.7 Å². The van der Waals surface area contributed by atoms with E-state index in [1.54, 1.807) is 20.8 Å². The average molecular weight is 263 g/mol. The molecule has 0 aromatic rings. The van der Waals surface area contributed by atoms with Crippen molar-refractivity contribution >= 4 is 29.2 Å². The van der Waals surface area contributed by atoms with Crippen molar-refractivity contribution in [1.29, 1.82) is 0 Å². The van der Waals surface area contributed by atoms with Gasteiger partial charge < -0.3 is 14.2 Å². The summed E-state index contributed by atoms with van der Waals surface area (Å²) in [7, 11) is 0. The third-order valence-electron chi connectivity index (χ3n) is 1.33. The Kier molecular flexibility index (Phi) is 6.01. The number of nitrogens with one attached hydrogen (secondary N) is 1. The third kappa shape index (κ3) is 8.56. The largest absolute Gasteiger partial charge is 0.444 e. The van der Waals surface area contributed by atoms with E-state index in [2.05, 4.69) is 9.50 Å². The Morgan fingerprint density at radius 3 is 2.18 bits per heavy atom. The predicted molar refractivity (Wildman–Crippen MR) is 63.2 cm³/mol. The van der Waals surface area contributed by atoms with Crippen molar-refractivity contribution in [3.63, 3.8) is 0 Å². The molecule has 0 radical (unpaired) electrons. The molecule has 0 rings (SSSR count). The van der Waals surface area contributed by atoms with E-state index in [1.807, 2.05) is 0 Å². The Morgan fingerprint density at radius 1 is 1.24 bits per heavy atom. The van der Waals surface area contributed by atoms with E-state index in [9.17, 15) is 14.4 Å². The maximum Gasteiger partial charge on any atom is 0.408 e. The summed E-state index contributed by atoms with van der Waals surface area (Å²) in [6.07, 6.45) is -0.713. The Labute approximate surface area is 105 Å². The van der Waals surface area contributed by atoms with Crippen molar-refractivity contribution < 1.29 is 23.3 Å². The summed E-state index contributed by atoms with van der Waals surface area (Å²) < 4.78 is 9.51. The van der Waals surface area contributed by atoms with E-state index < -0.39 is 23.7 Å². The first-order valence-electron chi connectivity index (χ1n) is 5.00. The first-order chi connectivity index (χ1) is 7.61. The zero-order chi connectivity index (χ0) is 13.6. The number of rotatable bonds is 2. The average Bonchev–Trinajstić information content (AvgIpc) is 2.10. The van der Waals surface area contributed by atoms with Gasteiger partial charge >= 0.3 is 12.1 Å². The van der Waals surface area contributed by atoms with Crippen LogP contribution in [0.4, 0.5) is 4.79 Å². The fourth-order valence-corrected chi connectivity index (χ4v) is 1.06. The minimum atomic E-state index is -0.878. The molecule has 7 heteroatoms. The third-order valence-corrected chi connectivity index (χ3v) is 1.81. The molecule has 17 heavy (non-hydrogen) atoms. The van der Waals surface area contributed by atoms with Gasteiger partial charge in [0, 0.05) is 6.92 Å². The maximum atomic E-state index is 11.3. The topological polar surface area (TPSA) is 81.7 Å². The molecule has 0 saturated carbocycles. The van der Waals surface area contributed by atoms with Crippen molar-refractivity contribution in [3.05, 3.63) is 0 Å². The lowest BCUT2D eigenvalue weighted by atomic mass is 10.2. The molecule has 0 aromatic carbocycles. The van der Waals surface area contributed by atoms with E-state index in [4.69, 9.17) is 4.74 Å². The fraction of sp³-hybridized carbons (Fsp3) is 0.700. The number of carbonyl (C=O) groups excluding carboxylic acids is 3. The number of hydrogen-bond acceptors (Lipinski definition) is 6. The SMILES string of the molecule is CC(=O)SOC(=O)C(C)NC(=O)OC(C)(C)C. The van der Waals surface area contributed by atoms with E-state index in [-0.39, 0.29) is 5.12 Å². The molecule has 0 bridgehead atoms. The molecule has 0 aromatic heterocycles. The smallest absolute Gasteiger partial charge is 0.408 e. The van der Waals surface area contributed by atoms with Crippen molar-refractivity contribution in [2.24, 2.45) is 0 Å². The highest BCUT2D eigenvalue weighted by Crippen LogP contribution is 2.08. The van der Waals surface area contributed by atoms with E-state index in [1.165, 1.54) is 13.8 Å². The fourth-order valence-electron chi connectivity index (χ4n) is 0.715. The minimum Gasteiger partial charge on any atom is -0.444 e. The highest BCUT2D eigenvalue weighted by Gasteiger charge is 2.22. The Balaban J connectivity index is 4.08. The number of alkyl carbamates (subject to hydrolysis) is 1. The summed E-state index contributed by atoms with van der Waals surface area (Å²) in [5.41, 5.74) is -0.637. The number of carbonyl (C=O) groups is 3. The normalized spacial score (nSPS) is 12.5. The van der Waals surface area contributed by atoms with E-state index in [0.29, 0.717) is 12.0 Å². The molecule has 98 valence electrons. The van der Waals surface area contributed by atoms with Gasteiger partial charge in [-0.1, -0.05) is 0 Å². The van der Waals surface area contributed by atoms with Gasteiger partial charge in [0.05, 0.1) is 0 Å². The van der Waals surface area contributed by atoms with Crippen LogP contribution in [0.25, 0.3) is 0 Å². The van der Waals surface area contributed by atoms with Crippen LogP contribution in [0, 0.1) is 0 Å². The summed E-state index contributed by atoms with van der Waals surface area (Å²) in [6.45, 7) is 7.83. The summed E-state index contributed by atoms with van der Waals surface area (Å²) in [4.78, 5) is 33.1. The lowest BCUT2D eigenvalue weighted by Gasteiger charge is -2.21. The zero-order valence-corrected chi connectivity index (χ0v) is 11.3. The molecule has 0 fully saturated rings. The molecule has 0 aliphatic carbocycles. The van der Waals surface area contributed by atoms with Gasteiger partial charge in [-0.2, -0.15) is 0 Å². The van der Waals surface area contributed by atoms with Gasteiger partial charge in [0.25, 0.3) is 0 Å². The van der Waals surface area contributed by atoms with Crippen molar-refractivity contribution in [2.45, 2.75) is 46.3 Å². The van der Waals surface area contributed by atoms with Crippen LogP contribution in [-0.4, -0.2) is 28.8 Å². The Hall–Kier alpha value is -1.24. The number of hydrogen-bond donors (Lipinski definition) is 1. The quantitative estimate of drug-likeness (QED) is 0.763. The molecular formula is C10H17NO5S. The van der Waals surface area contributed by atoms with Crippen molar-refractivity contribution in [3.8, 4) is 0 Å². The maximum absolute atomic E-state index is 11.3. The van der Waals surface area contributed by atoms with Crippen LogP contribution in [0.5, 0.6) is 0 Å². The van der Waals surface area contributed by atoms with Gasteiger partial charge in [0.2, 0.25) is 5.12 Å². The Bertz CT molecular complexity index is 310. The standard InChI is InChI=1S/C10H17NO5S/c1-6(8(13)16-17-7(2)12)11-9(14)15-10(3,4)5/h6H,1-5H3,(H,11,14). The molecule has 1 N–H and O–H groups in total. The van der Waals surface area contributed by atoms with Crippen LogP contribution in [0.3, 0.4) is 0 Å². The van der Waals surface area contributed by atoms with Crippen LogP contribution in [-0.2, 0) is 18.5 Å². The first kappa shape index (κ1) is 15.8.